The lowest BCUT2D eigenvalue weighted by Crippen LogP contribution is -2.52. The molecular formula is C75H82N2O4. The van der Waals surface area contributed by atoms with Gasteiger partial charge in [0.1, 0.15) is 0 Å². The number of nitrogens with zero attached hydrogens (tertiary/aromatic N) is 2. The molecule has 0 aromatic heterocycles. The summed E-state index contributed by atoms with van der Waals surface area (Å²) in [6.07, 6.45) is 9.89. The monoisotopic (exact) mass is 1070 g/mol. The minimum Gasteiger partial charge on any atom is -0.282 e. The Morgan fingerprint density at radius 3 is 1.17 bits per heavy atom. The Labute approximate surface area is 482 Å². The average molecular weight is 1080 g/mol. The van der Waals surface area contributed by atoms with E-state index in [2.05, 4.69) is 229 Å². The van der Waals surface area contributed by atoms with Crippen molar-refractivity contribution in [3.63, 3.8) is 0 Å². The Bertz CT molecular complexity index is 3190. The summed E-state index contributed by atoms with van der Waals surface area (Å²) in [4.78, 5) is 60.5. The van der Waals surface area contributed by atoms with Crippen molar-refractivity contribution in [1.82, 2.24) is 9.80 Å². The molecule has 7 aromatic carbocycles. The van der Waals surface area contributed by atoms with Crippen molar-refractivity contribution in [2.75, 3.05) is 6.54 Å². The summed E-state index contributed by atoms with van der Waals surface area (Å²) in [5, 5.41) is 0. The van der Waals surface area contributed by atoms with E-state index in [0.717, 1.165) is 44.1 Å². The number of imide groups is 2. The van der Waals surface area contributed by atoms with Crippen molar-refractivity contribution in [1.29, 1.82) is 0 Å². The van der Waals surface area contributed by atoms with Gasteiger partial charge in [-0.15, -0.1) is 0 Å². The summed E-state index contributed by atoms with van der Waals surface area (Å²) in [6, 6.07) is 76.2. The highest BCUT2D eigenvalue weighted by atomic mass is 16.2. The minimum atomic E-state index is -0.575. The van der Waals surface area contributed by atoms with Crippen molar-refractivity contribution >= 4 is 23.6 Å². The molecule has 6 heteroatoms. The topological polar surface area (TPSA) is 74.8 Å². The fourth-order valence-corrected chi connectivity index (χ4v) is 15.3. The molecule has 1 saturated carbocycles. The number of hydrogen-bond donors (Lipinski definition) is 0. The van der Waals surface area contributed by atoms with Crippen LogP contribution in [0.15, 0.2) is 224 Å². The Morgan fingerprint density at radius 1 is 0.420 bits per heavy atom. The number of amides is 4. The molecule has 0 spiro atoms. The van der Waals surface area contributed by atoms with E-state index in [1.807, 2.05) is 18.2 Å². The number of hydrogen-bond acceptors (Lipinski definition) is 4. The fraction of sp³-hybridized carbons (Fsp3) is 0.360. The van der Waals surface area contributed by atoms with Crippen LogP contribution in [0.25, 0.3) is 0 Å². The maximum Gasteiger partial charge on any atom is 0.253 e. The van der Waals surface area contributed by atoms with Gasteiger partial charge in [0.25, 0.3) is 11.8 Å². The van der Waals surface area contributed by atoms with Gasteiger partial charge in [-0.2, -0.15) is 0 Å². The maximum atomic E-state index is 15.7. The molecule has 6 nitrogen and oxygen atoms in total. The maximum absolute atomic E-state index is 15.7. The zero-order valence-corrected chi connectivity index (χ0v) is 48.2. The summed E-state index contributed by atoms with van der Waals surface area (Å²) >= 11 is 0. The Hall–Kier alpha value is -7.44. The molecular weight excluding hydrogens is 993 g/mol. The van der Waals surface area contributed by atoms with Gasteiger partial charge >= 0.3 is 0 Å². The molecule has 81 heavy (non-hydrogen) atoms. The first-order chi connectivity index (χ1) is 39.2. The van der Waals surface area contributed by atoms with E-state index in [0.29, 0.717) is 31.1 Å². The van der Waals surface area contributed by atoms with Gasteiger partial charge < -0.3 is 0 Å². The summed E-state index contributed by atoms with van der Waals surface area (Å²) in [7, 11) is 0. The van der Waals surface area contributed by atoms with Crippen LogP contribution in [0, 0.1) is 22.7 Å². The van der Waals surface area contributed by atoms with E-state index in [9.17, 15) is 9.59 Å². The molecule has 11 unspecified atom stereocenters. The predicted molar refractivity (Wildman–Crippen MR) is 328 cm³/mol. The van der Waals surface area contributed by atoms with Crippen LogP contribution in [0.2, 0.25) is 0 Å². The largest absolute Gasteiger partial charge is 0.282 e. The molecule has 1 aliphatic carbocycles. The first-order valence-corrected chi connectivity index (χ1v) is 30.0. The van der Waals surface area contributed by atoms with Gasteiger partial charge in [-0.05, 0) is 149 Å². The van der Waals surface area contributed by atoms with E-state index in [-0.39, 0.29) is 71.2 Å². The highest BCUT2D eigenvalue weighted by Gasteiger charge is 2.54. The third-order valence-electron chi connectivity index (χ3n) is 18.8. The number of rotatable bonds is 23. The second-order valence-electron chi connectivity index (χ2n) is 25.5. The van der Waals surface area contributed by atoms with E-state index in [1.165, 1.54) is 50.4 Å². The number of carbonyl (C=O) groups excluding carboxylic acids is 4. The van der Waals surface area contributed by atoms with E-state index < -0.39 is 17.3 Å². The molecule has 3 aliphatic rings. The highest BCUT2D eigenvalue weighted by molar-refractivity contribution is 6.13. The Balaban J connectivity index is 0.997. The van der Waals surface area contributed by atoms with Gasteiger partial charge in [-0.25, -0.2) is 0 Å². The standard InChI is InChI=1S/C75H82N2O4/c1-53(55-27-13-6-14-28-55)43-62(57-31-17-8-18-32-57)44-63(58-33-19-9-20-34-58)45-64(59-35-21-10-22-36-59)46-65(60-37-23-11-24-38-60)47-66(61-39-25-12-26-40-61)48-68-71(54(2)56-29-15-7-16-30-56)73(81)76(72(68)80)52-75(5)50-67(49-74(3,4)51-75)77-69(78)41-42-70(77)79/h6-42,53-54,62-68,71H,43-52H2,1-5H3. The summed E-state index contributed by atoms with van der Waals surface area (Å²) < 4.78 is 0. The van der Waals surface area contributed by atoms with Crippen molar-refractivity contribution in [3.05, 3.63) is 263 Å². The lowest BCUT2D eigenvalue weighted by molar-refractivity contribution is -0.148. The molecule has 0 N–H and O–H groups in total. The molecule has 1 saturated heterocycles. The van der Waals surface area contributed by atoms with Crippen LogP contribution in [-0.4, -0.2) is 46.0 Å². The molecule has 2 heterocycles. The lowest BCUT2D eigenvalue weighted by Gasteiger charge is -2.49. The molecule has 0 bridgehead atoms. The molecule has 11 atom stereocenters. The zero-order chi connectivity index (χ0) is 56.5. The van der Waals surface area contributed by atoms with Crippen LogP contribution in [-0.2, 0) is 19.2 Å². The highest BCUT2D eigenvalue weighted by Crippen LogP contribution is 2.52. The van der Waals surface area contributed by atoms with Crippen LogP contribution >= 0.6 is 0 Å². The van der Waals surface area contributed by atoms with Gasteiger partial charge in [0.05, 0.1) is 11.8 Å². The second-order valence-corrected chi connectivity index (χ2v) is 25.5. The third-order valence-corrected chi connectivity index (χ3v) is 18.8. The van der Waals surface area contributed by atoms with Crippen molar-refractivity contribution in [2.45, 2.75) is 140 Å². The first-order valence-electron chi connectivity index (χ1n) is 30.0. The average Bonchev–Trinajstić information content (AvgIpc) is 4.22. The Kier molecular flexibility index (Phi) is 17.9. The van der Waals surface area contributed by atoms with Gasteiger partial charge in [-0.3, -0.25) is 29.0 Å². The Morgan fingerprint density at radius 2 is 0.765 bits per heavy atom. The quantitative estimate of drug-likeness (QED) is 0.0598. The van der Waals surface area contributed by atoms with Crippen LogP contribution in [0.3, 0.4) is 0 Å². The normalized spacial score (nSPS) is 22.5. The van der Waals surface area contributed by atoms with Crippen LogP contribution < -0.4 is 0 Å². The van der Waals surface area contributed by atoms with Crippen LogP contribution in [0.4, 0.5) is 0 Å². The number of carbonyl (C=O) groups is 4. The predicted octanol–water partition coefficient (Wildman–Crippen LogP) is 17.0. The fourth-order valence-electron chi connectivity index (χ4n) is 15.3. The van der Waals surface area contributed by atoms with Gasteiger partial charge in [0.2, 0.25) is 11.8 Å². The van der Waals surface area contributed by atoms with Crippen LogP contribution in [0.5, 0.6) is 0 Å². The summed E-state index contributed by atoms with van der Waals surface area (Å²) in [6.45, 7) is 11.3. The zero-order valence-electron chi connectivity index (χ0n) is 48.2. The second kappa shape index (κ2) is 25.6. The number of likely N-dealkylation sites (tertiary alicyclic amines) is 1. The van der Waals surface area contributed by atoms with E-state index >= 15 is 9.59 Å². The van der Waals surface area contributed by atoms with Gasteiger partial charge in [-0.1, -0.05) is 247 Å². The molecule has 7 aromatic rings. The smallest absolute Gasteiger partial charge is 0.253 e. The molecule has 416 valence electrons. The van der Waals surface area contributed by atoms with E-state index in [4.69, 9.17) is 0 Å². The van der Waals surface area contributed by atoms with Crippen molar-refractivity contribution < 1.29 is 19.2 Å². The third kappa shape index (κ3) is 13.7. The SMILES string of the molecule is CC(CC(CC(CC(CC(CC(CC1C(=O)N(CC2(C)CC(N3C(=O)C=CC3=O)CC(C)(C)C2)C(=O)C1C(C)c1ccccc1)c1ccccc1)c1ccccc1)c1ccccc1)c1ccccc1)c1ccccc1)c1ccccc1. The van der Waals surface area contributed by atoms with Gasteiger partial charge in [0, 0.05) is 24.7 Å². The van der Waals surface area contributed by atoms with Crippen molar-refractivity contribution in [3.8, 4) is 0 Å². The minimum absolute atomic E-state index is 0.0554. The lowest BCUT2D eigenvalue weighted by atomic mass is 9.62. The molecule has 0 radical (unpaired) electrons. The number of benzene rings is 7. The van der Waals surface area contributed by atoms with E-state index in [1.54, 1.807) is 4.90 Å². The molecule has 2 aliphatic heterocycles. The van der Waals surface area contributed by atoms with Gasteiger partial charge in [0.15, 0.2) is 0 Å². The van der Waals surface area contributed by atoms with Crippen LogP contribution in [0.1, 0.15) is 173 Å². The molecule has 2 fully saturated rings. The summed E-state index contributed by atoms with van der Waals surface area (Å²) in [5.41, 5.74) is 8.20. The summed E-state index contributed by atoms with van der Waals surface area (Å²) in [5.74, 6) is -0.945. The molecule has 4 amide bonds. The molecule has 10 rings (SSSR count). The van der Waals surface area contributed by atoms with Crippen molar-refractivity contribution in [2.24, 2.45) is 22.7 Å². The first kappa shape index (κ1) is 56.8.